The Labute approximate surface area is 152 Å². The van der Waals surface area contributed by atoms with Crippen molar-refractivity contribution in [2.24, 2.45) is 0 Å². The van der Waals surface area contributed by atoms with Crippen molar-refractivity contribution in [3.05, 3.63) is 41.6 Å². The molecule has 138 valence electrons. The molecule has 3 heterocycles. The number of hydrazine groups is 1. The first-order valence-electron chi connectivity index (χ1n) is 9.01. The highest BCUT2D eigenvalue weighted by molar-refractivity contribution is 6.01. The van der Waals surface area contributed by atoms with Crippen molar-refractivity contribution in [2.45, 2.75) is 32.0 Å². The van der Waals surface area contributed by atoms with Crippen molar-refractivity contribution in [2.75, 3.05) is 31.3 Å². The summed E-state index contributed by atoms with van der Waals surface area (Å²) >= 11 is 0. The van der Waals surface area contributed by atoms with Crippen molar-refractivity contribution in [1.29, 1.82) is 0 Å². The molecule has 0 unspecified atom stereocenters. The van der Waals surface area contributed by atoms with Crippen LogP contribution in [0.3, 0.4) is 0 Å². The van der Waals surface area contributed by atoms with E-state index in [1.807, 2.05) is 31.2 Å². The zero-order chi connectivity index (χ0) is 18.1. The summed E-state index contributed by atoms with van der Waals surface area (Å²) in [6, 6.07) is 7.61. The molecule has 2 amide bonds. The van der Waals surface area contributed by atoms with Crippen LogP contribution in [0.15, 0.2) is 36.0 Å². The highest BCUT2D eigenvalue weighted by Crippen LogP contribution is 2.32. The van der Waals surface area contributed by atoms with Gasteiger partial charge in [0, 0.05) is 32.4 Å². The molecule has 0 radical (unpaired) electrons. The van der Waals surface area contributed by atoms with Gasteiger partial charge in [-0.15, -0.1) is 0 Å². The van der Waals surface area contributed by atoms with Crippen molar-refractivity contribution < 1.29 is 19.1 Å². The fourth-order valence-electron chi connectivity index (χ4n) is 3.66. The first-order valence-corrected chi connectivity index (χ1v) is 9.01. The van der Waals surface area contributed by atoms with Gasteiger partial charge in [0.1, 0.15) is 5.70 Å². The van der Waals surface area contributed by atoms with Crippen LogP contribution in [0.5, 0.6) is 0 Å². The first-order chi connectivity index (χ1) is 12.6. The van der Waals surface area contributed by atoms with Gasteiger partial charge in [0.15, 0.2) is 5.79 Å². The summed E-state index contributed by atoms with van der Waals surface area (Å²) in [4.78, 5) is 27.0. The van der Waals surface area contributed by atoms with E-state index in [1.54, 1.807) is 11.0 Å². The van der Waals surface area contributed by atoms with Gasteiger partial charge in [-0.3, -0.25) is 15.0 Å². The molecule has 0 bridgehead atoms. The predicted molar refractivity (Wildman–Crippen MR) is 94.9 cm³/mol. The third-order valence-electron chi connectivity index (χ3n) is 5.18. The van der Waals surface area contributed by atoms with E-state index in [9.17, 15) is 9.59 Å². The maximum Gasteiger partial charge on any atom is 0.271 e. The minimum absolute atomic E-state index is 0.0822. The smallest absolute Gasteiger partial charge is 0.271 e. The highest BCUT2D eigenvalue weighted by atomic mass is 16.7. The van der Waals surface area contributed by atoms with E-state index in [2.05, 4.69) is 5.43 Å². The van der Waals surface area contributed by atoms with Gasteiger partial charge in [-0.1, -0.05) is 18.2 Å². The van der Waals surface area contributed by atoms with Gasteiger partial charge in [0.25, 0.3) is 5.91 Å². The molecule has 26 heavy (non-hydrogen) atoms. The van der Waals surface area contributed by atoms with Crippen LogP contribution in [0.25, 0.3) is 0 Å². The van der Waals surface area contributed by atoms with E-state index in [1.165, 1.54) is 5.01 Å². The molecule has 2 fully saturated rings. The van der Waals surface area contributed by atoms with Gasteiger partial charge in [-0.2, -0.15) is 0 Å². The second-order valence-corrected chi connectivity index (χ2v) is 6.85. The van der Waals surface area contributed by atoms with Gasteiger partial charge >= 0.3 is 0 Å². The van der Waals surface area contributed by atoms with Crippen LogP contribution in [0.1, 0.15) is 24.8 Å². The molecular weight excluding hydrogens is 334 g/mol. The lowest BCUT2D eigenvalue weighted by Crippen LogP contribution is -2.52. The maximum atomic E-state index is 12.9. The largest absolute Gasteiger partial charge is 0.347 e. The van der Waals surface area contributed by atoms with Crippen LogP contribution < -0.4 is 10.4 Å². The number of nitrogens with one attached hydrogen (secondary N) is 1. The SMILES string of the molecule is Cc1ccccc1N1NC(C(=O)N2CCC3(CC2)OCCO3)=CCC1=O. The van der Waals surface area contributed by atoms with Crippen molar-refractivity contribution in [3.63, 3.8) is 0 Å². The Morgan fingerprint density at radius 3 is 2.54 bits per heavy atom. The lowest BCUT2D eigenvalue weighted by Gasteiger charge is -2.39. The number of nitrogens with zero attached hydrogens (tertiary/aromatic N) is 2. The Balaban J connectivity index is 1.45. The number of rotatable bonds is 2. The Hall–Kier alpha value is -2.38. The Morgan fingerprint density at radius 2 is 1.85 bits per heavy atom. The van der Waals surface area contributed by atoms with Crippen LogP contribution in [-0.4, -0.2) is 48.8 Å². The van der Waals surface area contributed by atoms with E-state index >= 15 is 0 Å². The van der Waals surface area contributed by atoms with Crippen molar-refractivity contribution in [3.8, 4) is 0 Å². The standard InChI is InChI=1S/C19H23N3O4/c1-14-4-2-3-5-16(14)22-17(23)7-6-15(20-22)18(24)21-10-8-19(9-11-21)25-12-13-26-19/h2-6,20H,7-13H2,1H3. The molecule has 3 aliphatic heterocycles. The predicted octanol–water partition coefficient (Wildman–Crippen LogP) is 1.49. The van der Waals surface area contributed by atoms with Crippen LogP contribution in [0, 0.1) is 6.92 Å². The highest BCUT2D eigenvalue weighted by Gasteiger charge is 2.41. The van der Waals surface area contributed by atoms with E-state index < -0.39 is 5.79 Å². The summed E-state index contributed by atoms with van der Waals surface area (Å²) < 4.78 is 11.4. The minimum Gasteiger partial charge on any atom is -0.347 e. The van der Waals surface area contributed by atoms with Gasteiger partial charge in [0.2, 0.25) is 5.91 Å². The normalized spacial score (nSPS) is 22.3. The molecule has 2 saturated heterocycles. The summed E-state index contributed by atoms with van der Waals surface area (Å²) in [6.45, 7) is 4.34. The summed E-state index contributed by atoms with van der Waals surface area (Å²) in [7, 11) is 0. The van der Waals surface area contributed by atoms with Gasteiger partial charge < -0.3 is 14.4 Å². The van der Waals surface area contributed by atoms with Crippen molar-refractivity contribution in [1.82, 2.24) is 10.3 Å². The molecule has 0 saturated carbocycles. The van der Waals surface area contributed by atoms with Crippen molar-refractivity contribution >= 4 is 17.5 Å². The van der Waals surface area contributed by atoms with E-state index in [0.29, 0.717) is 44.8 Å². The Kier molecular flexibility index (Phi) is 4.42. The number of likely N-dealkylation sites (tertiary alicyclic amines) is 1. The van der Waals surface area contributed by atoms with E-state index in [-0.39, 0.29) is 18.2 Å². The summed E-state index contributed by atoms with van der Waals surface area (Å²) in [5.41, 5.74) is 5.19. The lowest BCUT2D eigenvalue weighted by molar-refractivity contribution is -0.186. The quantitative estimate of drug-likeness (QED) is 0.868. The number of anilines is 1. The summed E-state index contributed by atoms with van der Waals surface area (Å²) in [6.07, 6.45) is 3.22. The first kappa shape index (κ1) is 17.1. The number of aryl methyl sites for hydroxylation is 1. The number of amides is 2. The lowest BCUT2D eigenvalue weighted by atomic mass is 10.0. The number of carbonyl (C=O) groups excluding carboxylic acids is 2. The number of ether oxygens (including phenoxy) is 2. The van der Waals surface area contributed by atoms with Gasteiger partial charge in [-0.25, -0.2) is 5.01 Å². The molecule has 0 aliphatic carbocycles. The molecule has 1 N–H and O–H groups in total. The molecule has 0 aromatic heterocycles. The fraction of sp³-hybridized carbons (Fsp3) is 0.474. The fourth-order valence-corrected chi connectivity index (χ4v) is 3.66. The van der Waals surface area contributed by atoms with Gasteiger partial charge in [-0.05, 0) is 24.6 Å². The third-order valence-corrected chi connectivity index (χ3v) is 5.18. The monoisotopic (exact) mass is 357 g/mol. The van der Waals surface area contributed by atoms with E-state index in [4.69, 9.17) is 9.47 Å². The molecule has 0 atom stereocenters. The minimum atomic E-state index is -0.506. The Morgan fingerprint density at radius 1 is 1.15 bits per heavy atom. The number of benzene rings is 1. The number of carbonyl (C=O) groups is 2. The maximum absolute atomic E-state index is 12.9. The molecular formula is C19H23N3O4. The molecule has 7 heteroatoms. The average molecular weight is 357 g/mol. The second-order valence-electron chi connectivity index (χ2n) is 6.85. The molecule has 1 aromatic rings. The number of hydrogen-bond donors (Lipinski definition) is 1. The van der Waals surface area contributed by atoms with Crippen LogP contribution in [-0.2, 0) is 19.1 Å². The van der Waals surface area contributed by atoms with Crippen LogP contribution in [0.2, 0.25) is 0 Å². The average Bonchev–Trinajstić information content (AvgIpc) is 3.11. The summed E-state index contributed by atoms with van der Waals surface area (Å²) in [5, 5.41) is 1.47. The number of para-hydroxylation sites is 1. The molecule has 7 nitrogen and oxygen atoms in total. The van der Waals surface area contributed by atoms with Gasteiger partial charge in [0.05, 0.1) is 18.9 Å². The number of hydrogen-bond acceptors (Lipinski definition) is 5. The van der Waals surface area contributed by atoms with Crippen LogP contribution >= 0.6 is 0 Å². The molecule has 1 aromatic carbocycles. The number of piperidine rings is 1. The molecule has 3 aliphatic rings. The van der Waals surface area contributed by atoms with E-state index in [0.717, 1.165) is 11.3 Å². The van der Waals surface area contributed by atoms with Crippen LogP contribution in [0.4, 0.5) is 5.69 Å². The topological polar surface area (TPSA) is 71.1 Å². The Bertz CT molecular complexity index is 745. The zero-order valence-electron chi connectivity index (χ0n) is 14.9. The molecule has 4 rings (SSSR count). The third kappa shape index (κ3) is 3.08. The second kappa shape index (κ2) is 6.74. The molecule has 1 spiro atoms. The summed E-state index contributed by atoms with van der Waals surface area (Å²) in [5.74, 6) is -0.681. The zero-order valence-corrected chi connectivity index (χ0v) is 14.9.